The van der Waals surface area contributed by atoms with Crippen molar-refractivity contribution in [1.29, 1.82) is 0 Å². The number of rotatable bonds is 4. The Balaban J connectivity index is 2.28. The number of nitrogens with one attached hydrogen (secondary N) is 1. The third-order valence-electron chi connectivity index (χ3n) is 3.17. The minimum Gasteiger partial charge on any atom is -0.271 e. The van der Waals surface area contributed by atoms with Gasteiger partial charge in [0.1, 0.15) is 0 Å². The predicted octanol–water partition coefficient (Wildman–Crippen LogP) is 4.81. The van der Waals surface area contributed by atoms with E-state index in [1.165, 1.54) is 0 Å². The Labute approximate surface area is 137 Å². The molecule has 2 aromatic rings. The lowest BCUT2D eigenvalue weighted by Crippen LogP contribution is -2.29. The standard InChI is InChI=1S/C15H15BrCl2N2/c1-9-2-3-10(13(17)6-9)7-15(20-19)12-5-4-11(16)8-14(12)18/h2-6,8,15,20H,7,19H2,1H3. The second-order valence-corrected chi connectivity index (χ2v) is 6.41. The number of benzene rings is 2. The largest absolute Gasteiger partial charge is 0.271 e. The van der Waals surface area contributed by atoms with Crippen LogP contribution in [0, 0.1) is 6.92 Å². The molecule has 1 unspecified atom stereocenters. The van der Waals surface area contributed by atoms with Gasteiger partial charge in [-0.3, -0.25) is 11.3 Å². The minimum atomic E-state index is -0.0872. The van der Waals surface area contributed by atoms with Crippen LogP contribution in [0.1, 0.15) is 22.7 Å². The number of aryl methyl sites for hydroxylation is 1. The van der Waals surface area contributed by atoms with E-state index in [0.29, 0.717) is 11.4 Å². The Morgan fingerprint density at radius 1 is 1.15 bits per heavy atom. The van der Waals surface area contributed by atoms with E-state index in [9.17, 15) is 0 Å². The van der Waals surface area contributed by atoms with E-state index in [2.05, 4.69) is 21.4 Å². The van der Waals surface area contributed by atoms with Gasteiger partial charge in [0.05, 0.1) is 6.04 Å². The van der Waals surface area contributed by atoms with Gasteiger partial charge in [-0.2, -0.15) is 0 Å². The lowest BCUT2D eigenvalue weighted by Gasteiger charge is -2.19. The topological polar surface area (TPSA) is 38.0 Å². The van der Waals surface area contributed by atoms with E-state index in [0.717, 1.165) is 26.2 Å². The number of halogens is 3. The van der Waals surface area contributed by atoms with Crippen LogP contribution in [0.5, 0.6) is 0 Å². The maximum absolute atomic E-state index is 6.28. The lowest BCUT2D eigenvalue weighted by molar-refractivity contribution is 0.552. The number of hydrazine groups is 1. The molecule has 0 saturated heterocycles. The molecule has 0 bridgehead atoms. The highest BCUT2D eigenvalue weighted by atomic mass is 79.9. The number of hydrogen-bond acceptors (Lipinski definition) is 2. The monoisotopic (exact) mass is 372 g/mol. The average molecular weight is 374 g/mol. The molecule has 2 rings (SSSR count). The van der Waals surface area contributed by atoms with Gasteiger partial charge >= 0.3 is 0 Å². The van der Waals surface area contributed by atoms with Crippen LogP contribution in [-0.2, 0) is 6.42 Å². The zero-order valence-electron chi connectivity index (χ0n) is 11.0. The fourth-order valence-electron chi connectivity index (χ4n) is 2.08. The van der Waals surface area contributed by atoms with Crippen molar-refractivity contribution in [3.8, 4) is 0 Å². The van der Waals surface area contributed by atoms with Gasteiger partial charge in [0.15, 0.2) is 0 Å². The maximum Gasteiger partial charge on any atom is 0.0515 e. The van der Waals surface area contributed by atoms with E-state index in [4.69, 9.17) is 29.0 Å². The van der Waals surface area contributed by atoms with E-state index >= 15 is 0 Å². The molecule has 0 aliphatic heterocycles. The van der Waals surface area contributed by atoms with Crippen LogP contribution in [0.25, 0.3) is 0 Å². The van der Waals surface area contributed by atoms with Crippen molar-refractivity contribution in [2.45, 2.75) is 19.4 Å². The average Bonchev–Trinajstić information content (AvgIpc) is 2.39. The Hall–Kier alpha value is -0.580. The quantitative estimate of drug-likeness (QED) is 0.596. The van der Waals surface area contributed by atoms with Crippen molar-refractivity contribution in [3.05, 3.63) is 67.6 Å². The summed E-state index contributed by atoms with van der Waals surface area (Å²) in [5.74, 6) is 5.68. The van der Waals surface area contributed by atoms with Gasteiger partial charge in [-0.1, -0.05) is 57.3 Å². The van der Waals surface area contributed by atoms with Crippen LogP contribution in [0.4, 0.5) is 0 Å². The summed E-state index contributed by atoms with van der Waals surface area (Å²) in [5.41, 5.74) is 5.94. The van der Waals surface area contributed by atoms with Crippen molar-refractivity contribution < 1.29 is 0 Å². The smallest absolute Gasteiger partial charge is 0.0515 e. The molecule has 0 heterocycles. The molecule has 5 heteroatoms. The summed E-state index contributed by atoms with van der Waals surface area (Å²) in [4.78, 5) is 0. The molecule has 1 atom stereocenters. The van der Waals surface area contributed by atoms with Gasteiger partial charge in [-0.25, -0.2) is 0 Å². The molecule has 2 nitrogen and oxygen atoms in total. The first kappa shape index (κ1) is 15.8. The second-order valence-electron chi connectivity index (χ2n) is 4.68. The molecule has 0 saturated carbocycles. The van der Waals surface area contributed by atoms with Gasteiger partial charge in [0.25, 0.3) is 0 Å². The highest BCUT2D eigenvalue weighted by Crippen LogP contribution is 2.30. The normalized spacial score (nSPS) is 12.4. The summed E-state index contributed by atoms with van der Waals surface area (Å²) in [7, 11) is 0. The Morgan fingerprint density at radius 3 is 2.50 bits per heavy atom. The maximum atomic E-state index is 6.28. The Morgan fingerprint density at radius 2 is 1.90 bits per heavy atom. The third-order valence-corrected chi connectivity index (χ3v) is 4.34. The van der Waals surface area contributed by atoms with Crippen molar-refractivity contribution >= 4 is 39.1 Å². The fourth-order valence-corrected chi connectivity index (χ4v) is 3.20. The van der Waals surface area contributed by atoms with Gasteiger partial charge in [0.2, 0.25) is 0 Å². The van der Waals surface area contributed by atoms with Crippen LogP contribution in [0.3, 0.4) is 0 Å². The molecule has 106 valence electrons. The van der Waals surface area contributed by atoms with Crippen LogP contribution in [-0.4, -0.2) is 0 Å². The van der Waals surface area contributed by atoms with E-state index in [-0.39, 0.29) is 6.04 Å². The van der Waals surface area contributed by atoms with Crippen molar-refractivity contribution in [2.24, 2.45) is 5.84 Å². The zero-order valence-corrected chi connectivity index (χ0v) is 14.1. The highest BCUT2D eigenvalue weighted by Gasteiger charge is 2.15. The molecule has 0 fully saturated rings. The van der Waals surface area contributed by atoms with E-state index in [1.54, 1.807) is 0 Å². The molecule has 0 radical (unpaired) electrons. The number of hydrogen-bond donors (Lipinski definition) is 2. The zero-order chi connectivity index (χ0) is 14.7. The van der Waals surface area contributed by atoms with Gasteiger partial charge in [0, 0.05) is 14.5 Å². The van der Waals surface area contributed by atoms with Crippen LogP contribution in [0.15, 0.2) is 40.9 Å². The molecule has 20 heavy (non-hydrogen) atoms. The first-order valence-corrected chi connectivity index (χ1v) is 7.72. The molecular formula is C15H15BrCl2N2. The van der Waals surface area contributed by atoms with Gasteiger partial charge < -0.3 is 0 Å². The molecule has 2 aromatic carbocycles. The predicted molar refractivity (Wildman–Crippen MR) is 89.1 cm³/mol. The third kappa shape index (κ3) is 3.74. The van der Waals surface area contributed by atoms with Crippen LogP contribution >= 0.6 is 39.1 Å². The van der Waals surface area contributed by atoms with Gasteiger partial charge in [-0.05, 0) is 48.2 Å². The van der Waals surface area contributed by atoms with Crippen molar-refractivity contribution in [2.75, 3.05) is 0 Å². The van der Waals surface area contributed by atoms with E-state index < -0.39 is 0 Å². The van der Waals surface area contributed by atoms with Crippen LogP contribution in [0.2, 0.25) is 10.0 Å². The summed E-state index contributed by atoms with van der Waals surface area (Å²) >= 11 is 15.9. The Bertz CT molecular complexity index is 617. The first-order valence-electron chi connectivity index (χ1n) is 6.17. The van der Waals surface area contributed by atoms with Crippen molar-refractivity contribution in [3.63, 3.8) is 0 Å². The summed E-state index contributed by atoms with van der Waals surface area (Å²) in [6, 6.07) is 11.7. The van der Waals surface area contributed by atoms with E-state index in [1.807, 2.05) is 43.3 Å². The summed E-state index contributed by atoms with van der Waals surface area (Å²) in [6.07, 6.45) is 0.678. The highest BCUT2D eigenvalue weighted by molar-refractivity contribution is 9.10. The minimum absolute atomic E-state index is 0.0872. The summed E-state index contributed by atoms with van der Waals surface area (Å²) < 4.78 is 0.940. The fraction of sp³-hybridized carbons (Fsp3) is 0.200. The molecule has 0 spiro atoms. The number of nitrogens with two attached hydrogens (primary N) is 1. The molecule has 0 aromatic heterocycles. The molecule has 0 amide bonds. The molecule has 0 aliphatic carbocycles. The first-order chi connectivity index (χ1) is 9.51. The van der Waals surface area contributed by atoms with Crippen molar-refractivity contribution in [1.82, 2.24) is 5.43 Å². The summed E-state index contributed by atoms with van der Waals surface area (Å²) in [5, 5.41) is 1.42. The van der Waals surface area contributed by atoms with Crippen LogP contribution < -0.4 is 11.3 Å². The second kappa shape index (κ2) is 6.92. The van der Waals surface area contributed by atoms with Gasteiger partial charge in [-0.15, -0.1) is 0 Å². The molecular weight excluding hydrogens is 359 g/mol. The molecule has 3 N–H and O–H groups in total. The Kier molecular flexibility index (Phi) is 5.47. The SMILES string of the molecule is Cc1ccc(CC(NN)c2ccc(Br)cc2Cl)c(Cl)c1. The lowest BCUT2D eigenvalue weighted by atomic mass is 9.98. The summed E-state index contributed by atoms with van der Waals surface area (Å²) in [6.45, 7) is 2.01. The molecule has 0 aliphatic rings.